The lowest BCUT2D eigenvalue weighted by Crippen LogP contribution is -2.22. The first-order valence-electron chi connectivity index (χ1n) is 5.49. The molecule has 20 heavy (non-hydrogen) atoms. The summed E-state index contributed by atoms with van der Waals surface area (Å²) in [4.78, 5) is 10.8. The standard InChI is InChI=1S/C12H12BrF3O3S/c1-6(17)20-5-10(18)11(19)8-4-7(12(14,15)16)2-3-9(8)13/h2-4,10-11,18-19H,5H2,1H3. The number of thioether (sulfide) groups is 1. The van der Waals surface area contributed by atoms with E-state index in [0.29, 0.717) is 0 Å². The molecule has 0 amide bonds. The van der Waals surface area contributed by atoms with Gasteiger partial charge in [0.1, 0.15) is 6.10 Å². The van der Waals surface area contributed by atoms with E-state index in [2.05, 4.69) is 15.9 Å². The summed E-state index contributed by atoms with van der Waals surface area (Å²) in [6, 6.07) is 2.81. The lowest BCUT2D eigenvalue weighted by molar-refractivity contribution is -0.137. The van der Waals surface area contributed by atoms with E-state index in [0.717, 1.165) is 30.0 Å². The Labute approximate surface area is 126 Å². The van der Waals surface area contributed by atoms with Crippen molar-refractivity contribution in [2.45, 2.75) is 25.3 Å². The SMILES string of the molecule is CC(=O)SCC(O)C(O)c1cc(C(F)(F)F)ccc1Br. The van der Waals surface area contributed by atoms with Gasteiger partial charge in [0, 0.05) is 17.1 Å². The van der Waals surface area contributed by atoms with Crippen LogP contribution < -0.4 is 0 Å². The summed E-state index contributed by atoms with van der Waals surface area (Å²) in [6.07, 6.45) is -7.39. The maximum absolute atomic E-state index is 12.6. The van der Waals surface area contributed by atoms with Gasteiger partial charge in [0.15, 0.2) is 5.12 Å². The van der Waals surface area contributed by atoms with Gasteiger partial charge in [0.25, 0.3) is 0 Å². The largest absolute Gasteiger partial charge is 0.416 e. The molecule has 0 spiro atoms. The smallest absolute Gasteiger partial charge is 0.389 e. The number of alkyl halides is 3. The van der Waals surface area contributed by atoms with Crippen LogP contribution in [0.15, 0.2) is 22.7 Å². The molecule has 2 atom stereocenters. The molecular formula is C12H12BrF3O3S. The normalized spacial score (nSPS) is 14.9. The highest BCUT2D eigenvalue weighted by molar-refractivity contribution is 9.10. The van der Waals surface area contributed by atoms with Crippen molar-refractivity contribution >= 4 is 32.8 Å². The molecule has 0 saturated carbocycles. The van der Waals surface area contributed by atoms with Crippen molar-refractivity contribution in [1.29, 1.82) is 0 Å². The van der Waals surface area contributed by atoms with E-state index in [1.807, 2.05) is 0 Å². The fourth-order valence-corrected chi connectivity index (χ4v) is 2.52. The number of hydrogen-bond donors (Lipinski definition) is 2. The average Bonchev–Trinajstić information content (AvgIpc) is 2.34. The number of carbonyl (C=O) groups is 1. The summed E-state index contributed by atoms with van der Waals surface area (Å²) in [5.41, 5.74) is -0.988. The van der Waals surface area contributed by atoms with Gasteiger partial charge in [-0.25, -0.2) is 0 Å². The Morgan fingerprint density at radius 3 is 2.50 bits per heavy atom. The Bertz CT molecular complexity index is 493. The Kier molecular flexibility index (Phi) is 6.06. The van der Waals surface area contributed by atoms with Gasteiger partial charge in [-0.3, -0.25) is 4.79 Å². The molecule has 0 fully saturated rings. The van der Waals surface area contributed by atoms with Crippen molar-refractivity contribution in [1.82, 2.24) is 0 Å². The molecule has 0 saturated heterocycles. The number of aliphatic hydroxyl groups is 2. The number of aliphatic hydroxyl groups excluding tert-OH is 2. The summed E-state index contributed by atoms with van der Waals surface area (Å²) in [6.45, 7) is 1.30. The van der Waals surface area contributed by atoms with Crippen LogP contribution in [0.3, 0.4) is 0 Å². The van der Waals surface area contributed by atoms with Crippen molar-refractivity contribution < 1.29 is 28.2 Å². The molecule has 0 aliphatic heterocycles. The zero-order chi connectivity index (χ0) is 15.5. The van der Waals surface area contributed by atoms with Crippen LogP contribution in [0.1, 0.15) is 24.2 Å². The third kappa shape index (κ3) is 4.76. The summed E-state index contributed by atoms with van der Waals surface area (Å²) in [5.74, 6) is -0.0980. The highest BCUT2D eigenvalue weighted by atomic mass is 79.9. The molecule has 8 heteroatoms. The Morgan fingerprint density at radius 2 is 2.00 bits per heavy atom. The van der Waals surface area contributed by atoms with Crippen LogP contribution in [-0.2, 0) is 11.0 Å². The molecule has 0 aliphatic carbocycles. The molecule has 2 unspecified atom stereocenters. The zero-order valence-electron chi connectivity index (χ0n) is 10.3. The van der Waals surface area contributed by atoms with E-state index in [-0.39, 0.29) is 20.9 Å². The van der Waals surface area contributed by atoms with Crippen LogP contribution in [0.25, 0.3) is 0 Å². The average molecular weight is 373 g/mol. The number of rotatable bonds is 4. The Balaban J connectivity index is 2.97. The Hall–Kier alpha value is -0.570. The monoisotopic (exact) mass is 372 g/mol. The number of hydrogen-bond acceptors (Lipinski definition) is 4. The summed E-state index contributed by atoms with van der Waals surface area (Å²) < 4.78 is 38.1. The summed E-state index contributed by atoms with van der Waals surface area (Å²) in [7, 11) is 0. The maximum atomic E-state index is 12.6. The van der Waals surface area contributed by atoms with Crippen LogP contribution >= 0.6 is 27.7 Å². The molecule has 0 heterocycles. The molecule has 2 N–H and O–H groups in total. The van der Waals surface area contributed by atoms with Gasteiger partial charge in [-0.05, 0) is 23.8 Å². The summed E-state index contributed by atoms with van der Waals surface area (Å²) >= 11 is 3.83. The van der Waals surface area contributed by atoms with Crippen LogP contribution in [0.5, 0.6) is 0 Å². The van der Waals surface area contributed by atoms with Gasteiger partial charge < -0.3 is 10.2 Å². The molecule has 112 valence electrons. The van der Waals surface area contributed by atoms with Crippen molar-refractivity contribution in [3.8, 4) is 0 Å². The molecule has 1 aromatic rings. The topological polar surface area (TPSA) is 57.5 Å². The predicted octanol–water partition coefficient (Wildman–Crippen LogP) is 3.14. The number of halogens is 4. The first-order valence-corrected chi connectivity index (χ1v) is 7.27. The number of carbonyl (C=O) groups excluding carboxylic acids is 1. The molecular weight excluding hydrogens is 361 g/mol. The molecule has 0 radical (unpaired) electrons. The van der Waals surface area contributed by atoms with E-state index in [9.17, 15) is 28.2 Å². The molecule has 0 aromatic heterocycles. The fourth-order valence-electron chi connectivity index (χ4n) is 1.45. The second-order valence-electron chi connectivity index (χ2n) is 4.05. The molecule has 3 nitrogen and oxygen atoms in total. The van der Waals surface area contributed by atoms with Crippen LogP contribution in [-0.4, -0.2) is 27.2 Å². The molecule has 0 bridgehead atoms. The predicted molar refractivity (Wildman–Crippen MR) is 73.2 cm³/mol. The minimum Gasteiger partial charge on any atom is -0.389 e. The van der Waals surface area contributed by atoms with E-state index in [4.69, 9.17) is 0 Å². The second-order valence-corrected chi connectivity index (χ2v) is 6.10. The third-order valence-corrected chi connectivity index (χ3v) is 4.10. The first kappa shape index (κ1) is 17.5. The van der Waals surface area contributed by atoms with Crippen molar-refractivity contribution in [2.75, 3.05) is 5.75 Å². The highest BCUT2D eigenvalue weighted by Crippen LogP contribution is 2.35. The van der Waals surface area contributed by atoms with E-state index < -0.39 is 23.9 Å². The summed E-state index contributed by atoms with van der Waals surface area (Å²) in [5, 5.41) is 19.4. The second kappa shape index (κ2) is 6.93. The molecule has 1 rings (SSSR count). The van der Waals surface area contributed by atoms with Crippen molar-refractivity contribution in [2.24, 2.45) is 0 Å². The Morgan fingerprint density at radius 1 is 1.40 bits per heavy atom. The first-order chi connectivity index (χ1) is 9.12. The minimum atomic E-state index is -4.53. The third-order valence-electron chi connectivity index (χ3n) is 2.46. The lowest BCUT2D eigenvalue weighted by atomic mass is 10.0. The zero-order valence-corrected chi connectivity index (χ0v) is 12.7. The van der Waals surface area contributed by atoms with Gasteiger partial charge in [-0.1, -0.05) is 27.7 Å². The lowest BCUT2D eigenvalue weighted by Gasteiger charge is -2.20. The van der Waals surface area contributed by atoms with Gasteiger partial charge >= 0.3 is 6.18 Å². The fraction of sp³-hybridized carbons (Fsp3) is 0.417. The van der Waals surface area contributed by atoms with Crippen LogP contribution in [0.2, 0.25) is 0 Å². The van der Waals surface area contributed by atoms with Gasteiger partial charge in [0.2, 0.25) is 0 Å². The number of benzene rings is 1. The van der Waals surface area contributed by atoms with Gasteiger partial charge in [-0.15, -0.1) is 0 Å². The molecule has 0 aliphatic rings. The van der Waals surface area contributed by atoms with Crippen molar-refractivity contribution in [3.05, 3.63) is 33.8 Å². The molecule has 1 aromatic carbocycles. The van der Waals surface area contributed by atoms with Crippen LogP contribution in [0, 0.1) is 0 Å². The van der Waals surface area contributed by atoms with Gasteiger partial charge in [0.05, 0.1) is 11.7 Å². The van der Waals surface area contributed by atoms with Crippen molar-refractivity contribution in [3.63, 3.8) is 0 Å². The highest BCUT2D eigenvalue weighted by Gasteiger charge is 2.32. The van der Waals surface area contributed by atoms with Gasteiger partial charge in [-0.2, -0.15) is 13.2 Å². The van der Waals surface area contributed by atoms with E-state index in [1.165, 1.54) is 6.92 Å². The minimum absolute atomic E-state index is 0.0727. The van der Waals surface area contributed by atoms with E-state index >= 15 is 0 Å². The quantitative estimate of drug-likeness (QED) is 0.852. The van der Waals surface area contributed by atoms with Crippen LogP contribution in [0.4, 0.5) is 13.2 Å². The maximum Gasteiger partial charge on any atom is 0.416 e. The van der Waals surface area contributed by atoms with E-state index in [1.54, 1.807) is 0 Å².